The second kappa shape index (κ2) is 4.00. The summed E-state index contributed by atoms with van der Waals surface area (Å²) in [5.41, 5.74) is 6.82. The highest BCUT2D eigenvalue weighted by atomic mass is 15.3. The van der Waals surface area contributed by atoms with Crippen LogP contribution in [0.25, 0.3) is 0 Å². The van der Waals surface area contributed by atoms with Crippen LogP contribution in [0.3, 0.4) is 0 Å². The summed E-state index contributed by atoms with van der Waals surface area (Å²) in [6, 6.07) is 1.97. The summed E-state index contributed by atoms with van der Waals surface area (Å²) in [5, 5.41) is 4.34. The molecule has 2 N–H and O–H groups in total. The van der Waals surface area contributed by atoms with Gasteiger partial charge in [0.25, 0.3) is 0 Å². The largest absolute Gasteiger partial charge is 0.384 e. The number of hydrogen-bond donors (Lipinski definition) is 1. The van der Waals surface area contributed by atoms with Crippen LogP contribution in [-0.2, 0) is 13.5 Å². The van der Waals surface area contributed by atoms with E-state index in [1.54, 1.807) is 4.68 Å². The van der Waals surface area contributed by atoms with Gasteiger partial charge in [-0.15, -0.1) is 0 Å². The molecule has 1 aliphatic heterocycles. The molecule has 0 bridgehead atoms. The quantitative estimate of drug-likeness (QED) is 0.768. The van der Waals surface area contributed by atoms with E-state index in [9.17, 15) is 0 Å². The van der Waals surface area contributed by atoms with Gasteiger partial charge in [-0.3, -0.25) is 4.68 Å². The lowest BCUT2D eigenvalue weighted by molar-refractivity contribution is 0.342. The van der Waals surface area contributed by atoms with Gasteiger partial charge in [0.2, 0.25) is 0 Å². The number of nitrogens with zero attached hydrogens (tertiary/aromatic N) is 3. The van der Waals surface area contributed by atoms with Gasteiger partial charge >= 0.3 is 0 Å². The fourth-order valence-corrected chi connectivity index (χ4v) is 1.94. The number of hydrogen-bond acceptors (Lipinski definition) is 3. The van der Waals surface area contributed by atoms with Crippen molar-refractivity contribution in [3.8, 4) is 0 Å². The van der Waals surface area contributed by atoms with Crippen LogP contribution < -0.4 is 5.73 Å². The zero-order valence-corrected chi connectivity index (χ0v) is 8.74. The second-order valence-electron chi connectivity index (χ2n) is 3.98. The maximum Gasteiger partial charge on any atom is 0.121 e. The summed E-state index contributed by atoms with van der Waals surface area (Å²) in [6.07, 6.45) is 3.72. The highest BCUT2D eigenvalue weighted by Crippen LogP contribution is 2.10. The molecule has 1 saturated heterocycles. The predicted molar refractivity (Wildman–Crippen MR) is 57.0 cm³/mol. The molecule has 4 heteroatoms. The van der Waals surface area contributed by atoms with Crippen molar-refractivity contribution in [2.24, 2.45) is 7.05 Å². The first-order chi connectivity index (χ1) is 6.75. The minimum absolute atomic E-state index is 0.751. The highest BCUT2D eigenvalue weighted by molar-refractivity contribution is 5.30. The molecule has 0 aromatic carbocycles. The van der Waals surface area contributed by atoms with Gasteiger partial charge in [0.1, 0.15) is 5.82 Å². The third-order valence-electron chi connectivity index (χ3n) is 2.85. The lowest BCUT2D eigenvalue weighted by atomic mass is 10.3. The number of nitrogen functional groups attached to an aromatic ring is 1. The Labute approximate surface area is 84.7 Å². The van der Waals surface area contributed by atoms with Crippen molar-refractivity contribution in [1.29, 1.82) is 0 Å². The van der Waals surface area contributed by atoms with E-state index < -0.39 is 0 Å². The average molecular weight is 194 g/mol. The normalized spacial score (nSPS) is 17.8. The number of anilines is 1. The fourth-order valence-electron chi connectivity index (χ4n) is 1.94. The predicted octanol–water partition coefficient (Wildman–Crippen LogP) is 0.641. The summed E-state index contributed by atoms with van der Waals surface area (Å²) < 4.78 is 1.74. The number of rotatable bonds is 3. The molecule has 2 heterocycles. The Morgan fingerprint density at radius 1 is 1.43 bits per heavy atom. The molecule has 1 aliphatic rings. The molecule has 0 unspecified atom stereocenters. The Balaban J connectivity index is 1.85. The molecule has 78 valence electrons. The van der Waals surface area contributed by atoms with E-state index in [-0.39, 0.29) is 0 Å². The van der Waals surface area contributed by atoms with E-state index in [4.69, 9.17) is 5.73 Å². The number of nitrogens with two attached hydrogens (primary N) is 1. The lowest BCUT2D eigenvalue weighted by Gasteiger charge is -2.12. The Kier molecular flexibility index (Phi) is 2.72. The molecule has 4 nitrogen and oxygen atoms in total. The minimum Gasteiger partial charge on any atom is -0.384 e. The van der Waals surface area contributed by atoms with E-state index >= 15 is 0 Å². The van der Waals surface area contributed by atoms with Crippen molar-refractivity contribution < 1.29 is 0 Å². The molecular formula is C10H18N4. The summed E-state index contributed by atoms with van der Waals surface area (Å²) in [4.78, 5) is 2.49. The second-order valence-corrected chi connectivity index (χ2v) is 3.98. The van der Waals surface area contributed by atoms with E-state index in [0.717, 1.165) is 24.5 Å². The molecule has 14 heavy (non-hydrogen) atoms. The van der Waals surface area contributed by atoms with Gasteiger partial charge in [0.15, 0.2) is 0 Å². The molecule has 0 spiro atoms. The molecule has 2 rings (SSSR count). The number of likely N-dealkylation sites (tertiary alicyclic amines) is 1. The maximum absolute atomic E-state index is 5.71. The van der Waals surface area contributed by atoms with E-state index in [1.165, 1.54) is 25.9 Å². The van der Waals surface area contributed by atoms with Crippen LogP contribution in [0.4, 0.5) is 5.82 Å². The molecule has 0 atom stereocenters. The van der Waals surface area contributed by atoms with Crippen LogP contribution in [0.15, 0.2) is 6.07 Å². The zero-order valence-electron chi connectivity index (χ0n) is 8.74. The number of aryl methyl sites for hydroxylation is 1. The monoisotopic (exact) mass is 194 g/mol. The first kappa shape index (κ1) is 9.52. The molecule has 0 amide bonds. The highest BCUT2D eigenvalue weighted by Gasteiger charge is 2.11. The van der Waals surface area contributed by atoms with Crippen LogP contribution in [0.2, 0.25) is 0 Å². The summed E-state index contributed by atoms with van der Waals surface area (Å²) in [6.45, 7) is 3.63. The first-order valence-electron chi connectivity index (χ1n) is 5.26. The molecule has 1 aromatic heterocycles. The maximum atomic E-state index is 5.71. The lowest BCUT2D eigenvalue weighted by Crippen LogP contribution is -2.22. The van der Waals surface area contributed by atoms with Gasteiger partial charge in [0, 0.05) is 26.1 Å². The van der Waals surface area contributed by atoms with Crippen LogP contribution in [0.5, 0.6) is 0 Å². The van der Waals surface area contributed by atoms with Gasteiger partial charge in [-0.05, 0) is 25.9 Å². The minimum atomic E-state index is 0.751. The molecule has 1 fully saturated rings. The fraction of sp³-hybridized carbons (Fsp3) is 0.700. The van der Waals surface area contributed by atoms with Crippen LogP contribution in [0, 0.1) is 0 Å². The van der Waals surface area contributed by atoms with Crippen LogP contribution >= 0.6 is 0 Å². The van der Waals surface area contributed by atoms with Crippen molar-refractivity contribution in [1.82, 2.24) is 14.7 Å². The SMILES string of the molecule is Cn1nc(CCN2CCCC2)cc1N. The van der Waals surface area contributed by atoms with Crippen LogP contribution in [0.1, 0.15) is 18.5 Å². The van der Waals surface area contributed by atoms with Crippen LogP contribution in [-0.4, -0.2) is 34.3 Å². The Bertz CT molecular complexity index is 280. The van der Waals surface area contributed by atoms with Crippen molar-refractivity contribution in [3.63, 3.8) is 0 Å². The van der Waals surface area contributed by atoms with Crippen molar-refractivity contribution in [3.05, 3.63) is 11.8 Å². The molecule has 0 radical (unpaired) electrons. The summed E-state index contributed by atoms with van der Waals surface area (Å²) >= 11 is 0. The summed E-state index contributed by atoms with van der Waals surface area (Å²) in [7, 11) is 1.88. The van der Waals surface area contributed by atoms with E-state index in [0.29, 0.717) is 0 Å². The van der Waals surface area contributed by atoms with E-state index in [2.05, 4.69) is 10.00 Å². The summed E-state index contributed by atoms with van der Waals surface area (Å²) in [5.74, 6) is 0.751. The first-order valence-corrected chi connectivity index (χ1v) is 5.26. The van der Waals surface area contributed by atoms with Gasteiger partial charge < -0.3 is 10.6 Å². The molecule has 0 aliphatic carbocycles. The molecular weight excluding hydrogens is 176 g/mol. The van der Waals surface area contributed by atoms with Crippen molar-refractivity contribution in [2.75, 3.05) is 25.4 Å². The topological polar surface area (TPSA) is 47.1 Å². The van der Waals surface area contributed by atoms with Gasteiger partial charge in [-0.25, -0.2) is 0 Å². The molecule has 0 saturated carbocycles. The third-order valence-corrected chi connectivity index (χ3v) is 2.85. The van der Waals surface area contributed by atoms with Gasteiger partial charge in [-0.2, -0.15) is 5.10 Å². The zero-order chi connectivity index (χ0) is 9.97. The smallest absolute Gasteiger partial charge is 0.121 e. The standard InChI is InChI=1S/C10H18N4/c1-13-10(11)8-9(12-13)4-7-14-5-2-3-6-14/h8H,2-7,11H2,1H3. The third kappa shape index (κ3) is 2.07. The number of aromatic nitrogens is 2. The Hall–Kier alpha value is -1.03. The van der Waals surface area contributed by atoms with Crippen molar-refractivity contribution >= 4 is 5.82 Å². The van der Waals surface area contributed by atoms with Gasteiger partial charge in [-0.1, -0.05) is 0 Å². The Morgan fingerprint density at radius 3 is 2.71 bits per heavy atom. The molecule has 1 aromatic rings. The van der Waals surface area contributed by atoms with E-state index in [1.807, 2.05) is 13.1 Å². The van der Waals surface area contributed by atoms with Gasteiger partial charge in [0.05, 0.1) is 5.69 Å². The van der Waals surface area contributed by atoms with Crippen molar-refractivity contribution in [2.45, 2.75) is 19.3 Å². The Morgan fingerprint density at radius 2 is 2.14 bits per heavy atom. The average Bonchev–Trinajstić information content (AvgIpc) is 2.74.